The third-order valence-electron chi connectivity index (χ3n) is 4.58. The van der Waals surface area contributed by atoms with Crippen molar-refractivity contribution in [2.24, 2.45) is 0 Å². The Labute approximate surface area is 156 Å². The molecule has 0 bridgehead atoms. The summed E-state index contributed by atoms with van der Waals surface area (Å²) in [5, 5.41) is 8.56. The number of methoxy groups -OCH3 is 1. The van der Waals surface area contributed by atoms with Gasteiger partial charge < -0.3 is 10.1 Å². The van der Waals surface area contributed by atoms with E-state index >= 15 is 0 Å². The monoisotopic (exact) mass is 397 g/mol. The normalized spacial score (nSPS) is 13.7. The third-order valence-corrected chi connectivity index (χ3v) is 5.27. The lowest BCUT2D eigenvalue weighted by atomic mass is 10.0. The van der Waals surface area contributed by atoms with Gasteiger partial charge in [-0.2, -0.15) is 5.10 Å². The molecule has 0 radical (unpaired) electrons. The van der Waals surface area contributed by atoms with Gasteiger partial charge >= 0.3 is 0 Å². The Morgan fingerprint density at radius 2 is 1.88 bits per heavy atom. The van der Waals surface area contributed by atoms with Crippen LogP contribution in [0, 0.1) is 0 Å². The second-order valence-electron chi connectivity index (χ2n) is 6.15. The summed E-state index contributed by atoms with van der Waals surface area (Å²) in [6, 6.07) is 16.3. The van der Waals surface area contributed by atoms with Crippen LogP contribution in [0.15, 0.2) is 53.0 Å². The molecule has 128 valence electrons. The Balaban J connectivity index is 1.88. The van der Waals surface area contributed by atoms with E-state index in [1.54, 1.807) is 7.11 Å². The minimum atomic E-state index is 0.848. The van der Waals surface area contributed by atoms with Crippen LogP contribution in [0.1, 0.15) is 18.4 Å². The molecule has 1 N–H and O–H groups in total. The van der Waals surface area contributed by atoms with E-state index in [0.29, 0.717) is 0 Å². The van der Waals surface area contributed by atoms with Gasteiger partial charge in [0, 0.05) is 22.1 Å². The van der Waals surface area contributed by atoms with E-state index in [1.165, 1.54) is 18.4 Å². The van der Waals surface area contributed by atoms with Crippen molar-refractivity contribution in [2.45, 2.75) is 19.3 Å². The van der Waals surface area contributed by atoms with Gasteiger partial charge in [-0.15, -0.1) is 0 Å². The van der Waals surface area contributed by atoms with Crippen molar-refractivity contribution < 1.29 is 4.74 Å². The van der Waals surface area contributed by atoms with Crippen LogP contribution in [0.2, 0.25) is 0 Å². The van der Waals surface area contributed by atoms with E-state index in [4.69, 9.17) is 9.84 Å². The summed E-state index contributed by atoms with van der Waals surface area (Å²) in [4.78, 5) is 0. The Morgan fingerprint density at radius 1 is 1.08 bits per heavy atom. The van der Waals surface area contributed by atoms with Crippen molar-refractivity contribution >= 4 is 21.7 Å². The molecule has 0 fully saturated rings. The molecule has 2 aromatic carbocycles. The van der Waals surface area contributed by atoms with E-state index in [-0.39, 0.29) is 0 Å². The van der Waals surface area contributed by atoms with E-state index in [0.717, 1.165) is 46.0 Å². The fourth-order valence-corrected chi connectivity index (χ4v) is 3.75. The highest BCUT2D eigenvalue weighted by atomic mass is 79.9. The maximum atomic E-state index is 5.28. The number of nitrogens with zero attached hydrogens (tertiary/aromatic N) is 2. The predicted octanol–water partition coefficient (Wildman–Crippen LogP) is 5.06. The molecule has 1 aliphatic rings. The number of hydrogen-bond acceptors (Lipinski definition) is 3. The van der Waals surface area contributed by atoms with Gasteiger partial charge in [0.05, 0.1) is 18.5 Å². The summed E-state index contributed by atoms with van der Waals surface area (Å²) in [5.41, 5.74) is 4.51. The van der Waals surface area contributed by atoms with Crippen LogP contribution < -0.4 is 10.1 Å². The van der Waals surface area contributed by atoms with Gasteiger partial charge in [0.1, 0.15) is 11.6 Å². The van der Waals surface area contributed by atoms with E-state index in [2.05, 4.69) is 39.4 Å². The molecule has 0 unspecified atom stereocenters. The molecule has 4 nitrogen and oxygen atoms in total. The zero-order valence-corrected chi connectivity index (χ0v) is 15.7. The Kier molecular flexibility index (Phi) is 4.49. The molecule has 2 heterocycles. The van der Waals surface area contributed by atoms with Crippen molar-refractivity contribution in [3.8, 4) is 22.7 Å². The number of benzene rings is 2. The molecule has 0 atom stereocenters. The van der Waals surface area contributed by atoms with Gasteiger partial charge in [-0.25, -0.2) is 4.68 Å². The lowest BCUT2D eigenvalue weighted by molar-refractivity contribution is 0.414. The van der Waals surface area contributed by atoms with Gasteiger partial charge in [-0.05, 0) is 49.6 Å². The molecule has 0 aliphatic carbocycles. The van der Waals surface area contributed by atoms with Crippen molar-refractivity contribution in [1.29, 1.82) is 0 Å². The number of anilines is 1. The first-order chi connectivity index (χ1) is 12.3. The molecule has 1 aromatic heterocycles. The van der Waals surface area contributed by atoms with E-state index in [1.807, 2.05) is 35.0 Å². The second kappa shape index (κ2) is 6.92. The highest BCUT2D eigenvalue weighted by Gasteiger charge is 2.22. The molecular formula is C20H20BrN3O. The van der Waals surface area contributed by atoms with Crippen LogP contribution in [0.25, 0.3) is 16.9 Å². The largest absolute Gasteiger partial charge is 0.497 e. The Hall–Kier alpha value is -2.27. The highest BCUT2D eigenvalue weighted by Crippen LogP contribution is 2.37. The molecule has 3 aromatic rings. The smallest absolute Gasteiger partial charge is 0.133 e. The summed E-state index contributed by atoms with van der Waals surface area (Å²) in [6.45, 7) is 0.976. The lowest BCUT2D eigenvalue weighted by Crippen LogP contribution is -2.07. The maximum absolute atomic E-state index is 5.28. The fourth-order valence-electron chi connectivity index (χ4n) is 3.28. The SMILES string of the molecule is COc1ccc(-n2nc(-c3ccccc3Br)c3c2NCCCC3)cc1. The molecule has 1 aliphatic heterocycles. The van der Waals surface area contributed by atoms with E-state index in [9.17, 15) is 0 Å². The Morgan fingerprint density at radius 3 is 2.64 bits per heavy atom. The zero-order chi connectivity index (χ0) is 17.2. The summed E-state index contributed by atoms with van der Waals surface area (Å²) < 4.78 is 8.37. The number of halogens is 1. The Bertz CT molecular complexity index is 886. The van der Waals surface area contributed by atoms with Gasteiger partial charge in [-0.1, -0.05) is 34.1 Å². The van der Waals surface area contributed by atoms with Crippen LogP contribution >= 0.6 is 15.9 Å². The average Bonchev–Trinajstić information content (AvgIpc) is 2.83. The van der Waals surface area contributed by atoms with E-state index < -0.39 is 0 Å². The summed E-state index contributed by atoms with van der Waals surface area (Å²) in [5.74, 6) is 1.95. The van der Waals surface area contributed by atoms with Gasteiger partial charge in [-0.3, -0.25) is 0 Å². The molecular weight excluding hydrogens is 378 g/mol. The minimum Gasteiger partial charge on any atom is -0.497 e. The third kappa shape index (κ3) is 3.04. The molecule has 4 rings (SSSR count). The number of hydrogen-bond donors (Lipinski definition) is 1. The van der Waals surface area contributed by atoms with Gasteiger partial charge in [0.25, 0.3) is 0 Å². The number of fused-ring (bicyclic) bond motifs is 1. The zero-order valence-electron chi connectivity index (χ0n) is 14.1. The van der Waals surface area contributed by atoms with Crippen molar-refractivity contribution in [3.63, 3.8) is 0 Å². The summed E-state index contributed by atoms with van der Waals surface area (Å²) >= 11 is 3.68. The molecule has 0 saturated carbocycles. The van der Waals surface area contributed by atoms with Crippen LogP contribution in [0.5, 0.6) is 5.75 Å². The summed E-state index contributed by atoms with van der Waals surface area (Å²) in [7, 11) is 1.68. The van der Waals surface area contributed by atoms with Crippen LogP contribution in [-0.4, -0.2) is 23.4 Å². The first-order valence-corrected chi connectivity index (χ1v) is 9.32. The molecule has 0 spiro atoms. The van der Waals surface area contributed by atoms with Crippen LogP contribution in [0.3, 0.4) is 0 Å². The maximum Gasteiger partial charge on any atom is 0.133 e. The molecule has 0 amide bonds. The quantitative estimate of drug-likeness (QED) is 0.671. The van der Waals surface area contributed by atoms with Gasteiger partial charge in [0.15, 0.2) is 0 Å². The summed E-state index contributed by atoms with van der Waals surface area (Å²) in [6.07, 6.45) is 3.38. The van der Waals surface area contributed by atoms with Crippen molar-refractivity contribution in [3.05, 3.63) is 58.6 Å². The molecule has 5 heteroatoms. The second-order valence-corrected chi connectivity index (χ2v) is 7.00. The number of nitrogens with one attached hydrogen (secondary N) is 1. The standard InChI is InChI=1S/C20H20BrN3O/c1-25-15-11-9-14(10-12-15)24-20-17(7-4-5-13-22-20)19(23-24)16-6-2-3-8-18(16)21/h2-3,6,8-12,22H,4-5,7,13H2,1H3. The van der Waals surface area contributed by atoms with Crippen LogP contribution in [0.4, 0.5) is 5.82 Å². The molecule has 0 saturated heterocycles. The molecule has 25 heavy (non-hydrogen) atoms. The fraction of sp³-hybridized carbons (Fsp3) is 0.250. The number of rotatable bonds is 3. The van der Waals surface area contributed by atoms with Gasteiger partial charge in [0.2, 0.25) is 0 Å². The van der Waals surface area contributed by atoms with Crippen molar-refractivity contribution in [2.75, 3.05) is 19.0 Å². The first-order valence-electron chi connectivity index (χ1n) is 8.53. The number of ether oxygens (including phenoxy) is 1. The highest BCUT2D eigenvalue weighted by molar-refractivity contribution is 9.10. The topological polar surface area (TPSA) is 39.1 Å². The first kappa shape index (κ1) is 16.2. The lowest BCUT2D eigenvalue weighted by Gasteiger charge is -2.09. The average molecular weight is 398 g/mol. The predicted molar refractivity (Wildman–Crippen MR) is 105 cm³/mol. The van der Waals surface area contributed by atoms with Crippen molar-refractivity contribution in [1.82, 2.24) is 9.78 Å². The number of aromatic nitrogens is 2. The van der Waals surface area contributed by atoms with Crippen LogP contribution in [-0.2, 0) is 6.42 Å². The minimum absolute atomic E-state index is 0.848.